The van der Waals surface area contributed by atoms with Gasteiger partial charge in [0.05, 0.1) is 22.1 Å². The molecule has 0 saturated carbocycles. The van der Waals surface area contributed by atoms with Crippen LogP contribution in [0.1, 0.15) is 141 Å². The monoisotopic (exact) mass is 540 g/mol. The number of aryl methyl sites for hydroxylation is 2. The summed E-state index contributed by atoms with van der Waals surface area (Å²) in [6.07, 6.45) is 26.8. The molecule has 40 heavy (non-hydrogen) atoms. The van der Waals surface area contributed by atoms with E-state index in [4.69, 9.17) is 19.9 Å². The molecule has 4 heteroatoms. The van der Waals surface area contributed by atoms with Gasteiger partial charge in [0, 0.05) is 0 Å². The van der Waals surface area contributed by atoms with Gasteiger partial charge < -0.3 is 0 Å². The molecule has 2 aromatic heterocycles. The topological polar surface area (TPSA) is 51.6 Å². The molecule has 0 aliphatic carbocycles. The van der Waals surface area contributed by atoms with Gasteiger partial charge in [-0.15, -0.1) is 0 Å². The van der Waals surface area contributed by atoms with E-state index in [2.05, 4.69) is 26.0 Å². The minimum Gasteiger partial charge on any atom is -0.224 e. The summed E-state index contributed by atoms with van der Waals surface area (Å²) in [7, 11) is 0. The predicted molar refractivity (Wildman–Crippen MR) is 172 cm³/mol. The van der Waals surface area contributed by atoms with Crippen molar-refractivity contribution in [1.82, 2.24) is 19.9 Å². The predicted octanol–water partition coefficient (Wildman–Crippen LogP) is 10.9. The average Bonchev–Trinajstić information content (AvgIpc) is 2.97. The van der Waals surface area contributed by atoms with E-state index in [0.717, 1.165) is 34.9 Å². The second kappa shape index (κ2) is 17.3. The molecule has 4 rings (SSSR count). The maximum atomic E-state index is 4.94. The van der Waals surface area contributed by atoms with Crippen LogP contribution in [0.25, 0.3) is 33.4 Å². The number of rotatable bonds is 20. The first-order chi connectivity index (χ1) is 19.8. The van der Waals surface area contributed by atoms with Crippen LogP contribution in [0.15, 0.2) is 36.4 Å². The molecule has 2 heterocycles. The molecule has 0 fully saturated rings. The fraction of sp³-hybridized carbons (Fsp3) is 0.611. The molecule has 0 atom stereocenters. The number of aromatic nitrogens is 4. The Morgan fingerprint density at radius 1 is 0.400 bits per heavy atom. The van der Waals surface area contributed by atoms with Gasteiger partial charge >= 0.3 is 0 Å². The lowest BCUT2D eigenvalue weighted by atomic mass is 9.95. The molecule has 0 radical (unpaired) electrons. The van der Waals surface area contributed by atoms with Crippen molar-refractivity contribution in [2.24, 2.45) is 0 Å². The smallest absolute Gasteiger partial charge is 0.199 e. The van der Waals surface area contributed by atoms with Crippen molar-refractivity contribution in [3.63, 3.8) is 0 Å². The highest BCUT2D eigenvalue weighted by Gasteiger charge is 2.11. The maximum Gasteiger partial charge on any atom is 0.199 e. The highest BCUT2D eigenvalue weighted by atomic mass is 15.0. The Hall–Kier alpha value is -2.62. The number of benzene rings is 2. The zero-order valence-electron chi connectivity index (χ0n) is 25.4. The van der Waals surface area contributed by atoms with E-state index in [1.807, 2.05) is 24.3 Å². The molecule has 0 saturated heterocycles. The molecule has 0 aliphatic heterocycles. The van der Waals surface area contributed by atoms with Crippen molar-refractivity contribution >= 4 is 33.4 Å². The summed E-state index contributed by atoms with van der Waals surface area (Å²) in [6, 6.07) is 12.6. The molecule has 216 valence electrons. The van der Waals surface area contributed by atoms with Gasteiger partial charge in [0.1, 0.15) is 0 Å². The average molecular weight is 541 g/mol. The van der Waals surface area contributed by atoms with Gasteiger partial charge in [-0.25, -0.2) is 19.9 Å². The van der Waals surface area contributed by atoms with E-state index in [1.165, 1.54) is 127 Å². The van der Waals surface area contributed by atoms with Crippen molar-refractivity contribution in [2.45, 2.75) is 142 Å². The van der Waals surface area contributed by atoms with Crippen LogP contribution >= 0.6 is 0 Å². The Balaban J connectivity index is 1.40. The van der Waals surface area contributed by atoms with Gasteiger partial charge in [0.25, 0.3) is 0 Å². The lowest BCUT2D eigenvalue weighted by Gasteiger charge is -2.12. The highest BCUT2D eigenvalue weighted by molar-refractivity contribution is 5.88. The summed E-state index contributed by atoms with van der Waals surface area (Å²) in [5.74, 6) is 0. The van der Waals surface area contributed by atoms with Crippen LogP contribution in [-0.2, 0) is 12.8 Å². The molecule has 0 spiro atoms. The van der Waals surface area contributed by atoms with Gasteiger partial charge in [0.2, 0.25) is 0 Å². The van der Waals surface area contributed by atoms with Crippen LogP contribution in [0.5, 0.6) is 0 Å². The Morgan fingerprint density at radius 3 is 1.10 bits per heavy atom. The third-order valence-corrected chi connectivity index (χ3v) is 8.38. The number of fused-ring (bicyclic) bond motifs is 3. The van der Waals surface area contributed by atoms with Gasteiger partial charge in [0.15, 0.2) is 11.3 Å². The summed E-state index contributed by atoms with van der Waals surface area (Å²) < 4.78 is 0. The third kappa shape index (κ3) is 9.49. The van der Waals surface area contributed by atoms with Crippen molar-refractivity contribution in [2.75, 3.05) is 0 Å². The van der Waals surface area contributed by atoms with E-state index < -0.39 is 0 Å². The van der Waals surface area contributed by atoms with Crippen LogP contribution < -0.4 is 0 Å². The Bertz CT molecular complexity index is 1200. The first-order valence-electron chi connectivity index (χ1n) is 16.6. The van der Waals surface area contributed by atoms with Crippen LogP contribution in [0, 0.1) is 0 Å². The fourth-order valence-electron chi connectivity index (χ4n) is 5.92. The normalized spacial score (nSPS) is 11.8. The molecule has 0 bridgehead atoms. The van der Waals surface area contributed by atoms with E-state index in [1.54, 1.807) is 0 Å². The summed E-state index contributed by atoms with van der Waals surface area (Å²) in [4.78, 5) is 19.4. The van der Waals surface area contributed by atoms with Gasteiger partial charge in [-0.3, -0.25) is 0 Å². The van der Waals surface area contributed by atoms with E-state index in [-0.39, 0.29) is 0 Å². The SMILES string of the molecule is CCCCCCCCCCCc1cc2nc3nc4ccccc4nc3nc2cc1CCCCCCCCCCC. The van der Waals surface area contributed by atoms with Crippen LogP contribution in [-0.4, -0.2) is 19.9 Å². The summed E-state index contributed by atoms with van der Waals surface area (Å²) in [5, 5.41) is 0. The molecule has 0 aliphatic rings. The van der Waals surface area contributed by atoms with E-state index in [0.29, 0.717) is 11.3 Å². The van der Waals surface area contributed by atoms with Crippen molar-refractivity contribution in [1.29, 1.82) is 0 Å². The lowest BCUT2D eigenvalue weighted by molar-refractivity contribution is 0.561. The second-order valence-electron chi connectivity index (χ2n) is 11.8. The van der Waals surface area contributed by atoms with Gasteiger partial charge in [-0.05, 0) is 61.1 Å². The van der Waals surface area contributed by atoms with Crippen LogP contribution in [0.2, 0.25) is 0 Å². The minimum atomic E-state index is 0.645. The Kier molecular flexibility index (Phi) is 13.1. The van der Waals surface area contributed by atoms with E-state index in [9.17, 15) is 0 Å². The largest absolute Gasteiger partial charge is 0.224 e. The number of para-hydroxylation sites is 2. The lowest BCUT2D eigenvalue weighted by Crippen LogP contribution is -2.00. The zero-order chi connectivity index (χ0) is 27.8. The summed E-state index contributed by atoms with van der Waals surface area (Å²) in [5.41, 5.74) is 7.90. The maximum absolute atomic E-state index is 4.94. The third-order valence-electron chi connectivity index (χ3n) is 8.38. The number of hydrogen-bond acceptors (Lipinski definition) is 4. The molecule has 0 N–H and O–H groups in total. The number of nitrogens with zero attached hydrogens (tertiary/aromatic N) is 4. The first-order valence-corrected chi connectivity index (χ1v) is 16.6. The molecule has 4 nitrogen and oxygen atoms in total. The molecule has 2 aromatic carbocycles. The van der Waals surface area contributed by atoms with Crippen LogP contribution in [0.3, 0.4) is 0 Å². The molecule has 4 aromatic rings. The minimum absolute atomic E-state index is 0.645. The Labute approximate surface area is 242 Å². The fourth-order valence-corrected chi connectivity index (χ4v) is 5.92. The molecule has 0 amide bonds. The van der Waals surface area contributed by atoms with Crippen molar-refractivity contribution in [3.8, 4) is 0 Å². The van der Waals surface area contributed by atoms with Crippen molar-refractivity contribution < 1.29 is 0 Å². The number of hydrogen-bond donors (Lipinski definition) is 0. The summed E-state index contributed by atoms with van der Waals surface area (Å²) in [6.45, 7) is 4.58. The van der Waals surface area contributed by atoms with Crippen molar-refractivity contribution in [3.05, 3.63) is 47.5 Å². The summed E-state index contributed by atoms with van der Waals surface area (Å²) >= 11 is 0. The van der Waals surface area contributed by atoms with E-state index >= 15 is 0 Å². The zero-order valence-corrected chi connectivity index (χ0v) is 25.4. The quantitative estimate of drug-likeness (QED) is 0.0826. The Morgan fingerprint density at radius 2 is 0.725 bits per heavy atom. The molecular formula is C36H52N4. The highest BCUT2D eigenvalue weighted by Crippen LogP contribution is 2.24. The standard InChI is InChI=1S/C36H52N4/c1-3-5-7-9-11-13-15-17-19-23-29-27-33-34(28-30(29)24-20-18-16-14-12-10-8-6-4-2)40-36-35(39-33)37-31-25-21-22-26-32(31)38-36/h21-22,25-28H,3-20,23-24H2,1-2H3. The second-order valence-corrected chi connectivity index (χ2v) is 11.8. The molecule has 0 unspecified atom stereocenters. The number of unbranched alkanes of at least 4 members (excludes halogenated alkanes) is 16. The van der Waals surface area contributed by atoms with Gasteiger partial charge in [-0.1, -0.05) is 129 Å². The van der Waals surface area contributed by atoms with Crippen LogP contribution in [0.4, 0.5) is 0 Å². The first kappa shape index (κ1) is 30.3. The van der Waals surface area contributed by atoms with Gasteiger partial charge in [-0.2, -0.15) is 0 Å². The molecular weight excluding hydrogens is 488 g/mol.